The van der Waals surface area contributed by atoms with Crippen molar-refractivity contribution in [2.45, 2.75) is 44.8 Å². The summed E-state index contributed by atoms with van der Waals surface area (Å²) in [6.45, 7) is 3.04. The highest BCUT2D eigenvalue weighted by Crippen LogP contribution is 2.37. The molecule has 0 spiro atoms. The molecule has 2 N–H and O–H groups in total. The predicted molar refractivity (Wildman–Crippen MR) is 77.1 cm³/mol. The molecule has 1 aromatic heterocycles. The van der Waals surface area contributed by atoms with E-state index in [0.29, 0.717) is 0 Å². The van der Waals surface area contributed by atoms with Crippen LogP contribution in [0.15, 0.2) is 18.2 Å². The van der Waals surface area contributed by atoms with E-state index in [4.69, 9.17) is 15.5 Å². The van der Waals surface area contributed by atoms with Crippen LogP contribution in [0.5, 0.6) is 0 Å². The quantitative estimate of drug-likeness (QED) is 0.859. The lowest BCUT2D eigenvalue weighted by molar-refractivity contribution is -0.0832. The summed E-state index contributed by atoms with van der Waals surface area (Å²) in [4.78, 5) is 4.70. The molecule has 4 heteroatoms. The Morgan fingerprint density at radius 2 is 2.21 bits per heavy atom. The number of benzene rings is 1. The maximum absolute atomic E-state index is 5.84. The lowest BCUT2D eigenvalue weighted by atomic mass is 9.80. The second kappa shape index (κ2) is 4.53. The van der Waals surface area contributed by atoms with E-state index < -0.39 is 0 Å². The number of nitrogens with two attached hydrogens (primary N) is 1. The molecule has 1 fully saturated rings. The largest absolute Gasteiger partial charge is 0.399 e. The van der Waals surface area contributed by atoms with Gasteiger partial charge in [-0.3, -0.25) is 0 Å². The zero-order valence-corrected chi connectivity index (χ0v) is 11.6. The number of nitrogens with zero attached hydrogens (tertiary/aromatic N) is 2. The van der Waals surface area contributed by atoms with Crippen LogP contribution in [0.3, 0.4) is 0 Å². The highest BCUT2D eigenvalue weighted by Gasteiger charge is 2.38. The highest BCUT2D eigenvalue weighted by atomic mass is 16.5. The van der Waals surface area contributed by atoms with Crippen molar-refractivity contribution in [3.05, 3.63) is 24.0 Å². The molecule has 19 heavy (non-hydrogen) atoms. The molecule has 1 aromatic carbocycles. The Balaban J connectivity index is 2.05. The molecule has 0 aliphatic heterocycles. The average Bonchev–Trinajstić information content (AvgIpc) is 2.70. The standard InChI is InChI=1S/C15H21N3O/c1-3-14-17-12-9-11(16)5-6-13(12)18(14)10-15(19-2)7-4-8-15/h5-6,9H,3-4,7-8,10,16H2,1-2H3. The van der Waals surface area contributed by atoms with E-state index in [0.717, 1.165) is 48.4 Å². The Morgan fingerprint density at radius 3 is 2.79 bits per heavy atom. The van der Waals surface area contributed by atoms with E-state index in [1.807, 2.05) is 19.2 Å². The number of nitrogen functional groups attached to an aromatic ring is 1. The second-order valence-electron chi connectivity index (χ2n) is 5.46. The summed E-state index contributed by atoms with van der Waals surface area (Å²) in [5.74, 6) is 1.11. The lowest BCUT2D eigenvalue weighted by Crippen LogP contribution is -2.43. The van der Waals surface area contributed by atoms with Crippen molar-refractivity contribution in [2.75, 3.05) is 12.8 Å². The van der Waals surface area contributed by atoms with E-state index in [-0.39, 0.29) is 5.60 Å². The number of aryl methyl sites for hydroxylation is 1. The molecule has 1 saturated carbocycles. The summed E-state index contributed by atoms with van der Waals surface area (Å²) in [6, 6.07) is 5.96. The summed E-state index contributed by atoms with van der Waals surface area (Å²) < 4.78 is 8.05. The first-order chi connectivity index (χ1) is 9.17. The molecule has 0 saturated heterocycles. The summed E-state index contributed by atoms with van der Waals surface area (Å²) in [5, 5.41) is 0. The number of imidazole rings is 1. The minimum atomic E-state index is 0.0128. The van der Waals surface area contributed by atoms with Crippen LogP contribution in [0.1, 0.15) is 32.0 Å². The Bertz CT molecular complexity index is 593. The van der Waals surface area contributed by atoms with Crippen LogP contribution in [-0.2, 0) is 17.7 Å². The Kier molecular flexibility index (Phi) is 2.97. The smallest absolute Gasteiger partial charge is 0.109 e. The molecule has 1 aliphatic carbocycles. The lowest BCUT2D eigenvalue weighted by Gasteiger charge is -2.41. The number of rotatable bonds is 4. The number of fused-ring (bicyclic) bond motifs is 1. The van der Waals surface area contributed by atoms with Crippen LogP contribution >= 0.6 is 0 Å². The first kappa shape index (κ1) is 12.5. The summed E-state index contributed by atoms with van der Waals surface area (Å²) in [5.41, 5.74) is 8.77. The Morgan fingerprint density at radius 1 is 1.42 bits per heavy atom. The Hall–Kier alpha value is -1.55. The summed E-state index contributed by atoms with van der Waals surface area (Å²) >= 11 is 0. The molecule has 0 amide bonds. The van der Waals surface area contributed by atoms with Gasteiger partial charge in [-0.2, -0.15) is 0 Å². The van der Waals surface area contributed by atoms with Gasteiger partial charge in [0, 0.05) is 19.2 Å². The van der Waals surface area contributed by atoms with Crippen LogP contribution in [0, 0.1) is 0 Å². The van der Waals surface area contributed by atoms with Gasteiger partial charge in [0.1, 0.15) is 5.82 Å². The van der Waals surface area contributed by atoms with Crippen molar-refractivity contribution in [3.63, 3.8) is 0 Å². The average molecular weight is 259 g/mol. The molecule has 1 aliphatic rings. The summed E-state index contributed by atoms with van der Waals surface area (Å²) in [6.07, 6.45) is 4.46. The normalized spacial score (nSPS) is 17.6. The molecule has 0 bridgehead atoms. The number of hydrogen-bond donors (Lipinski definition) is 1. The summed E-state index contributed by atoms with van der Waals surface area (Å²) in [7, 11) is 1.82. The van der Waals surface area contributed by atoms with Crippen molar-refractivity contribution in [2.24, 2.45) is 0 Å². The molecule has 4 nitrogen and oxygen atoms in total. The Labute approximate surface area is 113 Å². The van der Waals surface area contributed by atoms with Crippen LogP contribution < -0.4 is 5.73 Å². The third kappa shape index (κ3) is 2.00. The monoisotopic (exact) mass is 259 g/mol. The second-order valence-corrected chi connectivity index (χ2v) is 5.46. The number of hydrogen-bond acceptors (Lipinski definition) is 3. The fraction of sp³-hybridized carbons (Fsp3) is 0.533. The predicted octanol–water partition coefficient (Wildman–Crippen LogP) is 2.75. The third-order valence-corrected chi connectivity index (χ3v) is 4.31. The number of methoxy groups -OCH3 is 1. The molecular weight excluding hydrogens is 238 g/mol. The third-order valence-electron chi connectivity index (χ3n) is 4.31. The number of aromatic nitrogens is 2. The van der Waals surface area contributed by atoms with Gasteiger partial charge in [0.25, 0.3) is 0 Å². The van der Waals surface area contributed by atoms with Gasteiger partial charge in [-0.1, -0.05) is 6.92 Å². The molecule has 0 radical (unpaired) electrons. The fourth-order valence-electron chi connectivity index (χ4n) is 2.93. The van der Waals surface area contributed by atoms with E-state index in [2.05, 4.69) is 17.6 Å². The van der Waals surface area contributed by atoms with Gasteiger partial charge in [-0.05, 0) is 37.5 Å². The molecule has 102 valence electrons. The fourth-order valence-corrected chi connectivity index (χ4v) is 2.93. The van der Waals surface area contributed by atoms with Crippen molar-refractivity contribution < 1.29 is 4.74 Å². The van der Waals surface area contributed by atoms with Crippen molar-refractivity contribution in [1.82, 2.24) is 9.55 Å². The van der Waals surface area contributed by atoms with E-state index >= 15 is 0 Å². The molecule has 0 unspecified atom stereocenters. The van der Waals surface area contributed by atoms with Crippen molar-refractivity contribution in [3.8, 4) is 0 Å². The van der Waals surface area contributed by atoms with Crippen molar-refractivity contribution >= 4 is 16.7 Å². The van der Waals surface area contributed by atoms with E-state index in [1.165, 1.54) is 6.42 Å². The van der Waals surface area contributed by atoms with Crippen molar-refractivity contribution in [1.29, 1.82) is 0 Å². The van der Waals surface area contributed by atoms with Crippen LogP contribution in [0.4, 0.5) is 5.69 Å². The van der Waals surface area contributed by atoms with Gasteiger partial charge in [0.05, 0.1) is 23.2 Å². The van der Waals surface area contributed by atoms with Crippen LogP contribution in [0.25, 0.3) is 11.0 Å². The van der Waals surface area contributed by atoms with Gasteiger partial charge in [-0.15, -0.1) is 0 Å². The van der Waals surface area contributed by atoms with Gasteiger partial charge in [0.2, 0.25) is 0 Å². The minimum Gasteiger partial charge on any atom is -0.399 e. The minimum absolute atomic E-state index is 0.0128. The first-order valence-corrected chi connectivity index (χ1v) is 6.97. The van der Waals surface area contributed by atoms with Gasteiger partial charge >= 0.3 is 0 Å². The zero-order valence-electron chi connectivity index (χ0n) is 11.6. The van der Waals surface area contributed by atoms with Crippen LogP contribution in [-0.4, -0.2) is 22.3 Å². The maximum Gasteiger partial charge on any atom is 0.109 e. The van der Waals surface area contributed by atoms with E-state index in [1.54, 1.807) is 0 Å². The highest BCUT2D eigenvalue weighted by molar-refractivity contribution is 5.79. The molecular formula is C15H21N3O. The van der Waals surface area contributed by atoms with Gasteiger partial charge in [0.15, 0.2) is 0 Å². The zero-order chi connectivity index (χ0) is 13.5. The topological polar surface area (TPSA) is 53.1 Å². The van der Waals surface area contributed by atoms with Gasteiger partial charge < -0.3 is 15.0 Å². The number of ether oxygens (including phenoxy) is 1. The molecule has 0 atom stereocenters. The van der Waals surface area contributed by atoms with Gasteiger partial charge in [-0.25, -0.2) is 4.98 Å². The number of anilines is 1. The van der Waals surface area contributed by atoms with Crippen LogP contribution in [0.2, 0.25) is 0 Å². The molecule has 2 aromatic rings. The SMILES string of the molecule is CCc1nc2cc(N)ccc2n1CC1(OC)CCC1. The molecule has 1 heterocycles. The molecule has 3 rings (SSSR count). The maximum atomic E-state index is 5.84. The van der Waals surface area contributed by atoms with E-state index in [9.17, 15) is 0 Å². The first-order valence-electron chi connectivity index (χ1n) is 6.97.